The molecule has 0 radical (unpaired) electrons. The van der Waals surface area contributed by atoms with Gasteiger partial charge in [0.15, 0.2) is 6.61 Å². The van der Waals surface area contributed by atoms with Crippen LogP contribution in [0.15, 0.2) is 53.5 Å². The molecule has 0 amide bonds. The zero-order valence-electron chi connectivity index (χ0n) is 11.5. The van der Waals surface area contributed by atoms with Crippen molar-refractivity contribution in [2.45, 2.75) is 0 Å². The van der Waals surface area contributed by atoms with E-state index in [0.29, 0.717) is 16.5 Å². The van der Waals surface area contributed by atoms with Gasteiger partial charge in [0.1, 0.15) is 5.75 Å². The average Bonchev–Trinajstić information content (AvgIpc) is 2.53. The summed E-state index contributed by atoms with van der Waals surface area (Å²) >= 11 is 6.02. The Balaban J connectivity index is 1.99. The van der Waals surface area contributed by atoms with Crippen LogP contribution in [0.4, 0.5) is 5.69 Å². The second-order valence-corrected chi connectivity index (χ2v) is 4.55. The summed E-state index contributed by atoms with van der Waals surface area (Å²) in [7, 11) is 1.32. The lowest BCUT2D eigenvalue weighted by Crippen LogP contribution is -2.12. The summed E-state index contributed by atoms with van der Waals surface area (Å²) in [6.45, 7) is -0.108. The molecule has 0 heterocycles. The summed E-state index contributed by atoms with van der Waals surface area (Å²) in [5.74, 6) is 0.176. The maximum atomic E-state index is 11.0. The van der Waals surface area contributed by atoms with E-state index in [-0.39, 0.29) is 6.61 Å². The van der Waals surface area contributed by atoms with Crippen LogP contribution >= 0.6 is 11.6 Å². The van der Waals surface area contributed by atoms with Gasteiger partial charge in [-0.3, -0.25) is 4.99 Å². The number of hydrogen-bond acceptors (Lipinski definition) is 4. The van der Waals surface area contributed by atoms with Gasteiger partial charge in [-0.2, -0.15) is 0 Å². The second kappa shape index (κ2) is 7.45. The Morgan fingerprint density at radius 3 is 2.57 bits per heavy atom. The van der Waals surface area contributed by atoms with Crippen molar-refractivity contribution in [3.8, 4) is 5.75 Å². The Morgan fingerprint density at radius 1 is 1.19 bits per heavy atom. The molecule has 0 N–H and O–H groups in total. The number of benzene rings is 2. The summed E-state index contributed by atoms with van der Waals surface area (Å²) in [4.78, 5) is 15.3. The van der Waals surface area contributed by atoms with Crippen LogP contribution < -0.4 is 4.74 Å². The van der Waals surface area contributed by atoms with Crippen molar-refractivity contribution in [2.24, 2.45) is 4.99 Å². The maximum Gasteiger partial charge on any atom is 0.343 e. The number of carbonyl (C=O) groups excluding carboxylic acids is 1. The summed E-state index contributed by atoms with van der Waals surface area (Å²) in [6.07, 6.45) is 1.71. The van der Waals surface area contributed by atoms with Crippen molar-refractivity contribution in [1.82, 2.24) is 0 Å². The topological polar surface area (TPSA) is 47.9 Å². The fourth-order valence-electron chi connectivity index (χ4n) is 1.55. The van der Waals surface area contributed by atoms with Gasteiger partial charge in [0.05, 0.1) is 17.8 Å². The fraction of sp³-hybridized carbons (Fsp3) is 0.125. The molecule has 0 spiro atoms. The van der Waals surface area contributed by atoms with Crippen molar-refractivity contribution in [1.29, 1.82) is 0 Å². The van der Waals surface area contributed by atoms with Gasteiger partial charge in [0.25, 0.3) is 0 Å². The first-order valence-electron chi connectivity index (χ1n) is 6.27. The monoisotopic (exact) mass is 303 g/mol. The molecule has 0 fully saturated rings. The number of hydrogen-bond donors (Lipinski definition) is 0. The predicted molar refractivity (Wildman–Crippen MR) is 82.7 cm³/mol. The van der Waals surface area contributed by atoms with E-state index in [1.165, 1.54) is 7.11 Å². The van der Waals surface area contributed by atoms with Gasteiger partial charge in [0, 0.05) is 6.21 Å². The van der Waals surface area contributed by atoms with Gasteiger partial charge in [0.2, 0.25) is 0 Å². The van der Waals surface area contributed by atoms with Crippen molar-refractivity contribution in [3.63, 3.8) is 0 Å². The summed E-state index contributed by atoms with van der Waals surface area (Å²) < 4.78 is 9.75. The van der Waals surface area contributed by atoms with Crippen LogP contribution in [0.1, 0.15) is 5.56 Å². The van der Waals surface area contributed by atoms with Crippen molar-refractivity contribution in [2.75, 3.05) is 13.7 Å². The van der Waals surface area contributed by atoms with E-state index >= 15 is 0 Å². The van der Waals surface area contributed by atoms with E-state index in [0.717, 1.165) is 5.56 Å². The molecule has 0 atom stereocenters. The first-order valence-corrected chi connectivity index (χ1v) is 6.65. The number of carbonyl (C=O) groups is 1. The molecule has 0 bridgehead atoms. The molecular formula is C16H14ClNO3. The fourth-order valence-corrected chi connectivity index (χ4v) is 1.74. The Bertz CT molecular complexity index is 638. The molecule has 2 rings (SSSR count). The van der Waals surface area contributed by atoms with Gasteiger partial charge in [-0.15, -0.1) is 0 Å². The Morgan fingerprint density at radius 2 is 1.90 bits per heavy atom. The number of aliphatic imine (C=N–C) groups is 1. The third kappa shape index (κ3) is 4.61. The summed E-state index contributed by atoms with van der Waals surface area (Å²) in [5, 5.41) is 0.604. The molecule has 5 heteroatoms. The van der Waals surface area contributed by atoms with Gasteiger partial charge in [-0.1, -0.05) is 23.7 Å². The lowest BCUT2D eigenvalue weighted by Gasteiger charge is -2.04. The van der Waals surface area contributed by atoms with Crippen LogP contribution in [0.2, 0.25) is 5.02 Å². The molecule has 0 aliphatic heterocycles. The second-order valence-electron chi connectivity index (χ2n) is 4.14. The first kappa shape index (κ1) is 15.1. The average molecular weight is 304 g/mol. The van der Waals surface area contributed by atoms with Crippen LogP contribution in [0, 0.1) is 0 Å². The number of para-hydroxylation sites is 1. The predicted octanol–water partition coefficient (Wildman–Crippen LogP) is 3.64. The van der Waals surface area contributed by atoms with Crippen LogP contribution in [-0.4, -0.2) is 25.9 Å². The Kier molecular flexibility index (Phi) is 5.35. The van der Waals surface area contributed by atoms with Crippen molar-refractivity contribution in [3.05, 3.63) is 59.1 Å². The number of rotatable bonds is 5. The van der Waals surface area contributed by atoms with E-state index < -0.39 is 5.97 Å². The molecule has 2 aromatic carbocycles. The molecule has 0 saturated carbocycles. The Labute approximate surface area is 128 Å². The zero-order chi connectivity index (χ0) is 15.1. The van der Waals surface area contributed by atoms with Crippen molar-refractivity contribution >= 4 is 29.5 Å². The number of nitrogens with zero attached hydrogens (tertiary/aromatic N) is 1. The van der Waals surface area contributed by atoms with Crippen LogP contribution in [0.3, 0.4) is 0 Å². The van der Waals surface area contributed by atoms with Gasteiger partial charge in [-0.25, -0.2) is 4.79 Å². The van der Waals surface area contributed by atoms with E-state index in [1.807, 2.05) is 30.3 Å². The van der Waals surface area contributed by atoms with Gasteiger partial charge < -0.3 is 9.47 Å². The number of methoxy groups -OCH3 is 1. The number of esters is 1. The normalized spacial score (nSPS) is 10.6. The van der Waals surface area contributed by atoms with E-state index in [4.69, 9.17) is 16.3 Å². The van der Waals surface area contributed by atoms with E-state index in [1.54, 1.807) is 24.4 Å². The standard InChI is InChI=1S/C16H14ClNO3/c1-20-16(19)11-21-13-8-6-12(7-9-13)10-18-15-5-3-2-4-14(15)17/h2-10H,11H2,1H3. The third-order valence-corrected chi connectivity index (χ3v) is 2.99. The molecular weight excluding hydrogens is 290 g/mol. The highest BCUT2D eigenvalue weighted by Gasteiger charge is 2.01. The minimum atomic E-state index is -0.417. The number of halogens is 1. The highest BCUT2D eigenvalue weighted by atomic mass is 35.5. The van der Waals surface area contributed by atoms with Crippen molar-refractivity contribution < 1.29 is 14.3 Å². The molecule has 108 valence electrons. The number of ether oxygens (including phenoxy) is 2. The largest absolute Gasteiger partial charge is 0.482 e. The molecule has 0 aromatic heterocycles. The molecule has 2 aromatic rings. The summed E-state index contributed by atoms with van der Waals surface area (Å²) in [6, 6.07) is 14.6. The molecule has 0 aliphatic carbocycles. The smallest absolute Gasteiger partial charge is 0.343 e. The minimum absolute atomic E-state index is 0.108. The van der Waals surface area contributed by atoms with Crippen LogP contribution in [-0.2, 0) is 9.53 Å². The zero-order valence-corrected chi connectivity index (χ0v) is 12.2. The highest BCUT2D eigenvalue weighted by molar-refractivity contribution is 6.33. The van der Waals surface area contributed by atoms with E-state index in [9.17, 15) is 4.79 Å². The maximum absolute atomic E-state index is 11.0. The minimum Gasteiger partial charge on any atom is -0.482 e. The summed E-state index contributed by atoms with van der Waals surface area (Å²) in [5.41, 5.74) is 1.62. The highest BCUT2D eigenvalue weighted by Crippen LogP contribution is 2.23. The van der Waals surface area contributed by atoms with Crippen LogP contribution in [0.5, 0.6) is 5.75 Å². The third-order valence-electron chi connectivity index (χ3n) is 2.67. The lowest BCUT2D eigenvalue weighted by molar-refractivity contribution is -0.142. The van der Waals surface area contributed by atoms with Crippen LogP contribution in [0.25, 0.3) is 0 Å². The first-order chi connectivity index (χ1) is 10.2. The Hall–Kier alpha value is -2.33. The molecule has 4 nitrogen and oxygen atoms in total. The molecule has 21 heavy (non-hydrogen) atoms. The lowest BCUT2D eigenvalue weighted by atomic mass is 10.2. The van der Waals surface area contributed by atoms with Gasteiger partial charge >= 0.3 is 5.97 Å². The van der Waals surface area contributed by atoms with E-state index in [2.05, 4.69) is 9.73 Å². The SMILES string of the molecule is COC(=O)COc1ccc(C=Nc2ccccc2Cl)cc1. The molecule has 0 aliphatic rings. The quantitative estimate of drug-likeness (QED) is 0.626. The molecule has 0 unspecified atom stereocenters. The molecule has 0 saturated heterocycles. The van der Waals surface area contributed by atoms with Gasteiger partial charge in [-0.05, 0) is 42.0 Å².